The van der Waals surface area contributed by atoms with Crippen molar-refractivity contribution in [1.29, 1.82) is 0 Å². The first-order valence-electron chi connectivity index (χ1n) is 11.6. The van der Waals surface area contributed by atoms with E-state index < -0.39 is 11.5 Å². The predicted octanol–water partition coefficient (Wildman–Crippen LogP) is 3.91. The molecule has 1 aliphatic heterocycles. The van der Waals surface area contributed by atoms with E-state index in [-0.39, 0.29) is 23.5 Å². The zero-order valence-corrected chi connectivity index (χ0v) is 21.9. The Hall–Kier alpha value is -1.45. The third-order valence-corrected chi connectivity index (χ3v) is 6.22. The largest absolute Gasteiger partial charge is 0.470 e. The van der Waals surface area contributed by atoms with Crippen LogP contribution in [0.25, 0.3) is 0 Å². The molecule has 0 spiro atoms. The van der Waals surface area contributed by atoms with Gasteiger partial charge in [0.1, 0.15) is 12.7 Å². The fraction of sp³-hybridized carbons (Fsp3) is 0.870. The number of esters is 1. The molecular formula is C23H42N4O4S. The zero-order valence-electron chi connectivity index (χ0n) is 21.1. The average Bonchev–Trinajstić information content (AvgIpc) is 3.17. The minimum Gasteiger partial charge on any atom is -0.470 e. The van der Waals surface area contributed by atoms with E-state index in [4.69, 9.17) is 14.2 Å². The van der Waals surface area contributed by atoms with Gasteiger partial charge in [-0.05, 0) is 46.5 Å². The number of carbonyl (C=O) groups is 1. The number of aromatic nitrogens is 2. The lowest BCUT2D eigenvalue weighted by Gasteiger charge is -2.34. The molecule has 0 saturated carbocycles. The van der Waals surface area contributed by atoms with E-state index in [1.807, 2.05) is 13.8 Å². The van der Waals surface area contributed by atoms with Crippen molar-refractivity contribution < 1.29 is 19.0 Å². The molecule has 0 aromatic carbocycles. The van der Waals surface area contributed by atoms with E-state index in [2.05, 4.69) is 60.5 Å². The van der Waals surface area contributed by atoms with Gasteiger partial charge >= 0.3 is 5.97 Å². The Bertz CT molecular complexity index is 724. The number of rotatable bonds is 11. The summed E-state index contributed by atoms with van der Waals surface area (Å²) in [6, 6.07) is 0. The van der Waals surface area contributed by atoms with Gasteiger partial charge in [0.2, 0.25) is 5.82 Å². The third kappa shape index (κ3) is 8.48. The molecule has 2 heterocycles. The number of carbonyl (C=O) groups excluding carboxylic acids is 1. The first kappa shape index (κ1) is 26.8. The Morgan fingerprint density at radius 3 is 2.41 bits per heavy atom. The maximum absolute atomic E-state index is 13.1. The maximum Gasteiger partial charge on any atom is 0.311 e. The van der Waals surface area contributed by atoms with Crippen molar-refractivity contribution in [2.75, 3.05) is 44.4 Å². The quantitative estimate of drug-likeness (QED) is 0.487. The van der Waals surface area contributed by atoms with Crippen molar-refractivity contribution in [2.24, 2.45) is 10.8 Å². The molecule has 184 valence electrons. The van der Waals surface area contributed by atoms with Gasteiger partial charge < -0.3 is 24.4 Å². The monoisotopic (exact) mass is 470 g/mol. The fourth-order valence-corrected chi connectivity index (χ4v) is 4.19. The summed E-state index contributed by atoms with van der Waals surface area (Å²) in [6.07, 6.45) is 1.32. The Kier molecular flexibility index (Phi) is 9.31. The van der Waals surface area contributed by atoms with Crippen molar-refractivity contribution >= 4 is 23.5 Å². The van der Waals surface area contributed by atoms with Crippen LogP contribution in [0.5, 0.6) is 5.88 Å². The van der Waals surface area contributed by atoms with Crippen LogP contribution in [-0.4, -0.2) is 65.8 Å². The molecule has 9 heteroatoms. The topological polar surface area (TPSA) is 85.8 Å². The minimum atomic E-state index is -0.583. The van der Waals surface area contributed by atoms with Crippen molar-refractivity contribution in [3.63, 3.8) is 0 Å². The summed E-state index contributed by atoms with van der Waals surface area (Å²) in [5.74, 6) is 1.02. The van der Waals surface area contributed by atoms with Gasteiger partial charge in [-0.1, -0.05) is 27.2 Å². The molecule has 1 aromatic rings. The number of morpholine rings is 1. The molecule has 1 fully saturated rings. The van der Waals surface area contributed by atoms with Gasteiger partial charge in [0.15, 0.2) is 0 Å². The van der Waals surface area contributed by atoms with E-state index in [0.29, 0.717) is 25.6 Å². The Morgan fingerprint density at radius 2 is 1.81 bits per heavy atom. The van der Waals surface area contributed by atoms with Crippen LogP contribution in [0.2, 0.25) is 0 Å². The standard InChI is InChI=1S/C23H42N4O4S/c1-9-22(5,6)16-23(7,8)20(28)31-17(14-24-21(2,3)4)15-30-19-18(25-32-26-19)27-10-12-29-13-11-27/h17,24H,9-16H2,1-8H3/t17-/m0/s1. The second kappa shape index (κ2) is 11.1. The minimum absolute atomic E-state index is 0.0670. The van der Waals surface area contributed by atoms with Gasteiger partial charge in [0.25, 0.3) is 5.88 Å². The molecule has 1 atom stereocenters. The summed E-state index contributed by atoms with van der Waals surface area (Å²) in [5, 5.41) is 3.43. The lowest BCUT2D eigenvalue weighted by molar-refractivity contribution is -0.163. The second-order valence-electron chi connectivity index (χ2n) is 11.0. The molecule has 0 aliphatic carbocycles. The Labute approximate surface area is 197 Å². The molecule has 2 rings (SSSR count). The molecule has 0 bridgehead atoms. The van der Waals surface area contributed by atoms with Crippen molar-refractivity contribution in [2.45, 2.75) is 79.9 Å². The van der Waals surface area contributed by atoms with Gasteiger partial charge in [-0.3, -0.25) is 4.79 Å². The normalized spacial score (nSPS) is 16.7. The average molecular weight is 471 g/mol. The van der Waals surface area contributed by atoms with E-state index in [0.717, 1.165) is 43.5 Å². The van der Waals surface area contributed by atoms with Crippen molar-refractivity contribution in [3.8, 4) is 5.88 Å². The van der Waals surface area contributed by atoms with Crippen LogP contribution < -0.4 is 15.0 Å². The number of nitrogens with zero attached hydrogens (tertiary/aromatic N) is 3. The van der Waals surface area contributed by atoms with E-state index >= 15 is 0 Å². The molecule has 1 saturated heterocycles. The lowest BCUT2D eigenvalue weighted by Crippen LogP contribution is -2.46. The Morgan fingerprint density at radius 1 is 1.16 bits per heavy atom. The summed E-state index contributed by atoms with van der Waals surface area (Å²) in [7, 11) is 0. The summed E-state index contributed by atoms with van der Waals surface area (Å²) in [6.45, 7) is 20.2. The van der Waals surface area contributed by atoms with E-state index in [1.54, 1.807) is 0 Å². The number of hydrogen-bond donors (Lipinski definition) is 1. The highest BCUT2D eigenvalue weighted by Crippen LogP contribution is 2.37. The molecule has 32 heavy (non-hydrogen) atoms. The molecule has 1 aromatic heterocycles. The first-order valence-corrected chi connectivity index (χ1v) is 12.3. The van der Waals surface area contributed by atoms with Crippen LogP contribution in [0.1, 0.15) is 68.2 Å². The molecule has 1 N–H and O–H groups in total. The SMILES string of the molecule is CCC(C)(C)CC(C)(C)C(=O)O[C@@H](CNC(C)(C)C)COc1nsnc1N1CCOCC1. The molecule has 8 nitrogen and oxygen atoms in total. The third-order valence-electron chi connectivity index (χ3n) is 5.72. The highest BCUT2D eigenvalue weighted by atomic mass is 32.1. The molecule has 0 unspecified atom stereocenters. The smallest absolute Gasteiger partial charge is 0.311 e. The van der Waals surface area contributed by atoms with E-state index in [9.17, 15) is 4.79 Å². The van der Waals surface area contributed by atoms with Crippen molar-refractivity contribution in [1.82, 2.24) is 14.1 Å². The molecule has 0 radical (unpaired) electrons. The molecular weight excluding hydrogens is 428 g/mol. The van der Waals surface area contributed by atoms with Gasteiger partial charge in [-0.25, -0.2) is 0 Å². The summed E-state index contributed by atoms with van der Waals surface area (Å²) < 4.78 is 26.2. The second-order valence-corrected chi connectivity index (χ2v) is 11.6. The molecule has 1 aliphatic rings. The van der Waals surface area contributed by atoms with Crippen LogP contribution in [0.4, 0.5) is 5.82 Å². The van der Waals surface area contributed by atoms with Crippen molar-refractivity contribution in [3.05, 3.63) is 0 Å². The fourth-order valence-electron chi connectivity index (χ4n) is 3.67. The zero-order chi connectivity index (χ0) is 24.0. The van der Waals surface area contributed by atoms with Crippen LogP contribution in [0, 0.1) is 10.8 Å². The number of nitrogens with one attached hydrogen (secondary N) is 1. The van der Waals surface area contributed by atoms with Gasteiger partial charge in [-0.2, -0.15) is 4.37 Å². The lowest BCUT2D eigenvalue weighted by atomic mass is 9.74. The maximum atomic E-state index is 13.1. The Balaban J connectivity index is 2.06. The van der Waals surface area contributed by atoms with Crippen LogP contribution in [0.3, 0.4) is 0 Å². The number of anilines is 1. The summed E-state index contributed by atoms with van der Waals surface area (Å²) in [5.41, 5.74) is -0.621. The van der Waals surface area contributed by atoms with Crippen LogP contribution >= 0.6 is 11.7 Å². The van der Waals surface area contributed by atoms with Gasteiger partial charge in [-0.15, -0.1) is 4.37 Å². The van der Waals surface area contributed by atoms with E-state index in [1.165, 1.54) is 0 Å². The van der Waals surface area contributed by atoms with Gasteiger partial charge in [0, 0.05) is 25.2 Å². The molecule has 0 amide bonds. The van der Waals surface area contributed by atoms with Crippen LogP contribution in [0.15, 0.2) is 0 Å². The highest BCUT2D eigenvalue weighted by molar-refractivity contribution is 6.99. The number of hydrogen-bond acceptors (Lipinski definition) is 9. The first-order chi connectivity index (χ1) is 14.8. The van der Waals surface area contributed by atoms with Gasteiger partial charge in [0.05, 0.1) is 30.4 Å². The summed E-state index contributed by atoms with van der Waals surface area (Å²) in [4.78, 5) is 15.2. The number of ether oxygens (including phenoxy) is 3. The van der Waals surface area contributed by atoms with Crippen LogP contribution in [-0.2, 0) is 14.3 Å². The summed E-state index contributed by atoms with van der Waals surface area (Å²) >= 11 is 1.13. The highest BCUT2D eigenvalue weighted by Gasteiger charge is 2.37. The predicted molar refractivity (Wildman–Crippen MR) is 129 cm³/mol.